The Morgan fingerprint density at radius 3 is 2.21 bits per heavy atom. The van der Waals surface area contributed by atoms with Gasteiger partial charge in [0.25, 0.3) is 0 Å². The average molecular weight is 369 g/mol. The van der Waals surface area contributed by atoms with Gasteiger partial charge in [0.1, 0.15) is 0 Å². The van der Waals surface area contributed by atoms with E-state index < -0.39 is 9.21 Å². The topological polar surface area (TPSA) is 37.3 Å². The molecule has 0 aliphatic heterocycles. The second-order valence-corrected chi connectivity index (χ2v) is 8.64. The van der Waals surface area contributed by atoms with Gasteiger partial charge in [-0.25, -0.2) is 0 Å². The molecule has 0 spiro atoms. The third-order valence-corrected chi connectivity index (χ3v) is 6.17. The van der Waals surface area contributed by atoms with Gasteiger partial charge in [0.2, 0.25) is 0 Å². The minimum absolute atomic E-state index is 0.0608. The van der Waals surface area contributed by atoms with Crippen LogP contribution in [-0.2, 0) is 4.79 Å². The molecule has 1 fully saturated rings. The van der Waals surface area contributed by atoms with Crippen LogP contribution in [-0.4, -0.2) is 19.1 Å². The Hall–Kier alpha value is 1.01. The highest BCUT2D eigenvalue weighted by molar-refractivity contribution is 9.13. The summed E-state index contributed by atoms with van der Waals surface area (Å²) in [6.07, 6.45) is 0. The SMILES string of the molecule is CC1(C)C(C(Br)C(Cl)(Cl)Br)[C@H]1C(=O)O. The predicted molar refractivity (Wildman–Crippen MR) is 64.5 cm³/mol. The fourth-order valence-electron chi connectivity index (χ4n) is 1.90. The van der Waals surface area contributed by atoms with Crippen LogP contribution in [0.25, 0.3) is 0 Å². The standard InChI is InChI=1S/C8H10Br2Cl2O2/c1-7(2)3(4(7)6(13)14)5(9)8(10,11)12/h3-5H,1-2H3,(H,13,14)/t3?,4-,5?/m0/s1. The van der Waals surface area contributed by atoms with Crippen LogP contribution < -0.4 is 0 Å². The van der Waals surface area contributed by atoms with E-state index in [0.29, 0.717) is 0 Å². The third kappa shape index (κ3) is 2.23. The smallest absolute Gasteiger partial charge is 0.307 e. The van der Waals surface area contributed by atoms with Crippen LogP contribution in [0, 0.1) is 17.3 Å². The molecule has 6 heteroatoms. The van der Waals surface area contributed by atoms with Gasteiger partial charge in [0, 0.05) is 0 Å². The molecule has 0 aromatic heterocycles. The second kappa shape index (κ2) is 3.79. The first kappa shape index (κ1) is 13.1. The molecule has 14 heavy (non-hydrogen) atoms. The van der Waals surface area contributed by atoms with E-state index in [2.05, 4.69) is 31.9 Å². The van der Waals surface area contributed by atoms with Gasteiger partial charge < -0.3 is 5.11 Å². The minimum atomic E-state index is -1.13. The van der Waals surface area contributed by atoms with E-state index in [1.807, 2.05) is 13.8 Å². The van der Waals surface area contributed by atoms with E-state index in [1.165, 1.54) is 0 Å². The molecule has 1 N–H and O–H groups in total. The first-order valence-electron chi connectivity index (χ1n) is 4.03. The number of carboxylic acid groups (broad SMARTS) is 1. The number of halogens is 4. The summed E-state index contributed by atoms with van der Waals surface area (Å²) < 4.78 is -1.13. The highest BCUT2D eigenvalue weighted by Crippen LogP contribution is 2.64. The molecule has 0 amide bonds. The summed E-state index contributed by atoms with van der Waals surface area (Å²) in [4.78, 5) is 10.6. The average Bonchev–Trinajstić information content (AvgIpc) is 2.49. The first-order chi connectivity index (χ1) is 6.10. The highest BCUT2D eigenvalue weighted by atomic mass is 79.9. The van der Waals surface area contributed by atoms with Crippen LogP contribution in [0.1, 0.15) is 13.8 Å². The molecule has 0 radical (unpaired) electrons. The van der Waals surface area contributed by atoms with Crippen LogP contribution in [0.15, 0.2) is 0 Å². The van der Waals surface area contributed by atoms with Crippen LogP contribution >= 0.6 is 55.1 Å². The maximum atomic E-state index is 10.9. The summed E-state index contributed by atoms with van der Waals surface area (Å²) in [5.41, 5.74) is -0.261. The van der Waals surface area contributed by atoms with Crippen molar-refractivity contribution in [2.45, 2.75) is 21.9 Å². The molecular weight excluding hydrogens is 359 g/mol. The van der Waals surface area contributed by atoms with E-state index >= 15 is 0 Å². The molecule has 0 heterocycles. The quantitative estimate of drug-likeness (QED) is 0.772. The maximum Gasteiger partial charge on any atom is 0.307 e. The Morgan fingerprint density at radius 1 is 1.57 bits per heavy atom. The van der Waals surface area contributed by atoms with Crippen LogP contribution in [0.2, 0.25) is 0 Å². The summed E-state index contributed by atoms with van der Waals surface area (Å²) in [7, 11) is 0. The van der Waals surface area contributed by atoms with E-state index in [-0.39, 0.29) is 22.1 Å². The maximum absolute atomic E-state index is 10.9. The van der Waals surface area contributed by atoms with Gasteiger partial charge in [-0.3, -0.25) is 4.79 Å². The molecule has 1 aliphatic rings. The highest BCUT2D eigenvalue weighted by Gasteiger charge is 2.67. The van der Waals surface area contributed by atoms with Crippen molar-refractivity contribution in [1.29, 1.82) is 0 Å². The molecule has 0 aromatic rings. The van der Waals surface area contributed by atoms with E-state index in [4.69, 9.17) is 28.3 Å². The van der Waals surface area contributed by atoms with E-state index in [0.717, 1.165) is 0 Å². The number of alkyl halides is 4. The lowest BCUT2D eigenvalue weighted by atomic mass is 10.1. The van der Waals surface area contributed by atoms with Gasteiger partial charge >= 0.3 is 5.97 Å². The van der Waals surface area contributed by atoms with Crippen molar-refractivity contribution in [1.82, 2.24) is 0 Å². The number of rotatable bonds is 3. The van der Waals surface area contributed by atoms with Gasteiger partial charge in [-0.2, -0.15) is 0 Å². The number of hydrogen-bond donors (Lipinski definition) is 1. The summed E-state index contributed by atoms with van der Waals surface area (Å²) in [5, 5.41) is 8.95. The second-order valence-electron chi connectivity index (χ2n) is 4.11. The Kier molecular flexibility index (Phi) is 3.54. The zero-order valence-electron chi connectivity index (χ0n) is 7.60. The van der Waals surface area contributed by atoms with Gasteiger partial charge in [-0.15, -0.1) is 0 Å². The fraction of sp³-hybridized carbons (Fsp3) is 0.875. The Bertz CT molecular complexity index is 263. The molecule has 1 aliphatic carbocycles. The van der Waals surface area contributed by atoms with Crippen molar-refractivity contribution < 1.29 is 9.90 Å². The molecule has 3 atom stereocenters. The van der Waals surface area contributed by atoms with Crippen LogP contribution in [0.4, 0.5) is 0 Å². The molecule has 2 nitrogen and oxygen atoms in total. The number of carbonyl (C=O) groups is 1. The molecule has 2 unspecified atom stereocenters. The summed E-state index contributed by atoms with van der Waals surface area (Å²) in [6.45, 7) is 3.80. The lowest BCUT2D eigenvalue weighted by molar-refractivity contribution is -0.139. The summed E-state index contributed by atoms with van der Waals surface area (Å²) in [5.74, 6) is -1.25. The van der Waals surface area contributed by atoms with Crippen molar-refractivity contribution in [3.8, 4) is 0 Å². The number of carboxylic acids is 1. The minimum Gasteiger partial charge on any atom is -0.481 e. The van der Waals surface area contributed by atoms with Gasteiger partial charge in [-0.05, 0) is 27.3 Å². The summed E-state index contributed by atoms with van der Waals surface area (Å²) in [6, 6.07) is 0. The lowest BCUT2D eigenvalue weighted by Crippen LogP contribution is -2.23. The van der Waals surface area contributed by atoms with Crippen molar-refractivity contribution >= 4 is 61.0 Å². The number of aliphatic carboxylic acids is 1. The molecule has 0 saturated heterocycles. The lowest BCUT2D eigenvalue weighted by Gasteiger charge is -2.19. The largest absolute Gasteiger partial charge is 0.481 e. The van der Waals surface area contributed by atoms with Crippen molar-refractivity contribution in [2.24, 2.45) is 17.3 Å². The molecular formula is C8H10Br2Cl2O2. The Morgan fingerprint density at radius 2 is 2.00 bits per heavy atom. The zero-order valence-corrected chi connectivity index (χ0v) is 12.3. The molecule has 1 saturated carbocycles. The normalized spacial score (nSPS) is 32.4. The molecule has 1 rings (SSSR count). The predicted octanol–water partition coefficient (Wildman–Crippen LogP) is 3.63. The zero-order chi connectivity index (χ0) is 11.3. The third-order valence-electron chi connectivity index (χ3n) is 2.80. The van der Waals surface area contributed by atoms with Gasteiger partial charge in [-0.1, -0.05) is 53.0 Å². The molecule has 0 aromatic carbocycles. The van der Waals surface area contributed by atoms with Crippen molar-refractivity contribution in [2.75, 3.05) is 0 Å². The van der Waals surface area contributed by atoms with E-state index in [1.54, 1.807) is 0 Å². The van der Waals surface area contributed by atoms with Crippen molar-refractivity contribution in [3.63, 3.8) is 0 Å². The van der Waals surface area contributed by atoms with Crippen LogP contribution in [0.3, 0.4) is 0 Å². The Balaban J connectivity index is 2.79. The van der Waals surface area contributed by atoms with Crippen molar-refractivity contribution in [3.05, 3.63) is 0 Å². The van der Waals surface area contributed by atoms with E-state index in [9.17, 15) is 4.79 Å². The first-order valence-corrected chi connectivity index (χ1v) is 6.50. The molecule has 82 valence electrons. The summed E-state index contributed by atoms with van der Waals surface area (Å²) >= 11 is 18.2. The van der Waals surface area contributed by atoms with Crippen LogP contribution in [0.5, 0.6) is 0 Å². The fourth-order valence-corrected chi connectivity index (χ4v) is 3.44. The van der Waals surface area contributed by atoms with Gasteiger partial charge in [0.15, 0.2) is 3.24 Å². The van der Waals surface area contributed by atoms with Gasteiger partial charge in [0.05, 0.1) is 10.7 Å². The molecule has 0 bridgehead atoms. The monoisotopic (exact) mass is 366 g/mol. The number of hydrogen-bond acceptors (Lipinski definition) is 1. The Labute approximate surface area is 110 Å².